The summed E-state index contributed by atoms with van der Waals surface area (Å²) < 4.78 is 12.7. The molecule has 18 heavy (non-hydrogen) atoms. The number of carbonyl (C=O) groups excluding carboxylic acids is 1. The molecule has 5 heteroatoms. The van der Waals surface area contributed by atoms with Gasteiger partial charge in [0.25, 0.3) is 5.91 Å². The van der Waals surface area contributed by atoms with Crippen LogP contribution in [0.15, 0.2) is 59.5 Å². The topological polar surface area (TPSA) is 41.1 Å². The second-order valence-electron chi connectivity index (χ2n) is 3.48. The Labute approximate surface area is 109 Å². The minimum atomic E-state index is -0.363. The average molecular weight is 262 g/mol. The first-order valence-corrected chi connectivity index (χ1v) is 6.10. The third kappa shape index (κ3) is 3.58. The van der Waals surface area contributed by atoms with Crippen LogP contribution < -0.4 is 10.3 Å². The lowest BCUT2D eigenvalue weighted by Crippen LogP contribution is -2.32. The van der Waals surface area contributed by atoms with Gasteiger partial charge in [0.2, 0.25) is 0 Å². The van der Waals surface area contributed by atoms with Gasteiger partial charge in [0.1, 0.15) is 5.82 Å². The van der Waals surface area contributed by atoms with Crippen LogP contribution in [0.2, 0.25) is 0 Å². The lowest BCUT2D eigenvalue weighted by Gasteiger charge is -2.06. The summed E-state index contributed by atoms with van der Waals surface area (Å²) in [7, 11) is 0. The maximum absolute atomic E-state index is 12.7. The molecule has 1 amide bonds. The van der Waals surface area contributed by atoms with E-state index in [-0.39, 0.29) is 11.7 Å². The molecule has 0 radical (unpaired) electrons. The fourth-order valence-corrected chi connectivity index (χ4v) is 1.85. The van der Waals surface area contributed by atoms with Crippen molar-refractivity contribution in [2.75, 3.05) is 0 Å². The van der Waals surface area contributed by atoms with E-state index in [0.717, 1.165) is 4.90 Å². The minimum Gasteiger partial charge on any atom is -0.277 e. The monoisotopic (exact) mass is 262 g/mol. The fraction of sp³-hybridized carbons (Fsp3) is 0. The minimum absolute atomic E-state index is 0.307. The van der Waals surface area contributed by atoms with Crippen LogP contribution in [0.4, 0.5) is 4.39 Å². The molecule has 2 aromatic carbocycles. The van der Waals surface area contributed by atoms with Gasteiger partial charge in [-0.2, -0.15) is 4.83 Å². The summed E-state index contributed by atoms with van der Waals surface area (Å²) in [5.41, 5.74) is 2.92. The van der Waals surface area contributed by atoms with Crippen LogP contribution in [0.5, 0.6) is 0 Å². The Balaban J connectivity index is 1.84. The van der Waals surface area contributed by atoms with E-state index < -0.39 is 0 Å². The Hall–Kier alpha value is -1.85. The van der Waals surface area contributed by atoms with Gasteiger partial charge in [0.05, 0.1) is 0 Å². The molecule has 2 N–H and O–H groups in total. The molecular weight excluding hydrogens is 251 g/mol. The van der Waals surface area contributed by atoms with E-state index in [4.69, 9.17) is 0 Å². The molecule has 0 atom stereocenters. The molecule has 0 aromatic heterocycles. The van der Waals surface area contributed by atoms with Crippen molar-refractivity contribution in [1.29, 1.82) is 0 Å². The van der Waals surface area contributed by atoms with E-state index in [2.05, 4.69) is 10.3 Å². The number of rotatable bonds is 4. The molecule has 0 heterocycles. The molecule has 0 bridgehead atoms. The second-order valence-corrected chi connectivity index (χ2v) is 4.36. The molecule has 2 rings (SSSR count). The highest BCUT2D eigenvalue weighted by atomic mass is 32.2. The molecule has 0 aliphatic carbocycles. The highest BCUT2D eigenvalue weighted by molar-refractivity contribution is 7.97. The maximum Gasteiger partial charge on any atom is 0.266 e. The van der Waals surface area contributed by atoms with Crippen molar-refractivity contribution in [3.8, 4) is 0 Å². The van der Waals surface area contributed by atoms with Gasteiger partial charge in [0, 0.05) is 10.5 Å². The zero-order chi connectivity index (χ0) is 12.8. The van der Waals surface area contributed by atoms with Gasteiger partial charge >= 0.3 is 0 Å². The maximum atomic E-state index is 12.7. The molecule has 0 aliphatic rings. The molecule has 0 unspecified atom stereocenters. The normalized spacial score (nSPS) is 10.1. The summed E-state index contributed by atoms with van der Waals surface area (Å²) in [6, 6.07) is 14.9. The molecule has 0 spiro atoms. The third-order valence-electron chi connectivity index (χ3n) is 2.18. The number of hydrogen-bond acceptors (Lipinski definition) is 3. The zero-order valence-corrected chi connectivity index (χ0v) is 10.2. The summed E-state index contributed by atoms with van der Waals surface area (Å²) in [4.78, 5) is 15.4. The first-order chi connectivity index (χ1) is 8.75. The van der Waals surface area contributed by atoms with E-state index >= 15 is 0 Å². The zero-order valence-electron chi connectivity index (χ0n) is 9.39. The summed E-state index contributed by atoms with van der Waals surface area (Å²) >= 11 is 1.29. The van der Waals surface area contributed by atoms with Gasteiger partial charge in [-0.3, -0.25) is 10.2 Å². The summed E-state index contributed by atoms with van der Waals surface area (Å²) in [5.74, 6) is -0.670. The molecule has 0 fully saturated rings. The number of halogens is 1. The van der Waals surface area contributed by atoms with Crippen LogP contribution >= 0.6 is 11.9 Å². The van der Waals surface area contributed by atoms with Crippen LogP contribution in [-0.4, -0.2) is 5.91 Å². The third-order valence-corrected chi connectivity index (χ3v) is 2.90. The van der Waals surface area contributed by atoms with Gasteiger partial charge in [-0.1, -0.05) is 18.2 Å². The number of amides is 1. The highest BCUT2D eigenvalue weighted by Gasteiger charge is 2.04. The molecule has 0 aliphatic heterocycles. The summed E-state index contributed by atoms with van der Waals surface area (Å²) in [6.45, 7) is 0. The second kappa shape index (κ2) is 6.18. The van der Waals surface area contributed by atoms with Crippen molar-refractivity contribution in [2.24, 2.45) is 0 Å². The average Bonchev–Trinajstić information content (AvgIpc) is 2.40. The van der Waals surface area contributed by atoms with Crippen molar-refractivity contribution in [3.63, 3.8) is 0 Å². The largest absolute Gasteiger partial charge is 0.277 e. The Morgan fingerprint density at radius 1 is 1.00 bits per heavy atom. The van der Waals surface area contributed by atoms with Crippen molar-refractivity contribution < 1.29 is 9.18 Å². The lowest BCUT2D eigenvalue weighted by atomic mass is 10.2. The van der Waals surface area contributed by atoms with E-state index in [1.807, 2.05) is 30.3 Å². The van der Waals surface area contributed by atoms with Crippen molar-refractivity contribution in [3.05, 3.63) is 66.0 Å². The Bertz CT molecular complexity index is 516. The smallest absolute Gasteiger partial charge is 0.266 e. The first-order valence-electron chi connectivity index (χ1n) is 5.28. The Morgan fingerprint density at radius 3 is 2.33 bits per heavy atom. The quantitative estimate of drug-likeness (QED) is 0.657. The first kappa shape index (κ1) is 12.6. The summed E-state index contributed by atoms with van der Waals surface area (Å²) in [5, 5.41) is 0. The number of hydrazine groups is 1. The van der Waals surface area contributed by atoms with E-state index in [0.29, 0.717) is 5.56 Å². The molecule has 0 saturated heterocycles. The number of hydrogen-bond donors (Lipinski definition) is 2. The van der Waals surface area contributed by atoms with Gasteiger partial charge in [-0.05, 0) is 48.3 Å². The molecule has 3 nitrogen and oxygen atoms in total. The van der Waals surface area contributed by atoms with Crippen molar-refractivity contribution in [2.45, 2.75) is 4.90 Å². The molecule has 92 valence electrons. The van der Waals surface area contributed by atoms with E-state index in [1.54, 1.807) is 0 Å². The number of carbonyl (C=O) groups is 1. The molecular formula is C13H11FN2OS. The van der Waals surface area contributed by atoms with Crippen LogP contribution in [0.3, 0.4) is 0 Å². The Kier molecular flexibility index (Phi) is 4.33. The van der Waals surface area contributed by atoms with Crippen LogP contribution in [0, 0.1) is 5.82 Å². The number of benzene rings is 2. The van der Waals surface area contributed by atoms with Crippen LogP contribution in [0.1, 0.15) is 10.4 Å². The molecule has 2 aromatic rings. The van der Waals surface area contributed by atoms with E-state index in [1.165, 1.54) is 36.2 Å². The van der Waals surface area contributed by atoms with Crippen molar-refractivity contribution >= 4 is 17.9 Å². The van der Waals surface area contributed by atoms with Crippen LogP contribution in [-0.2, 0) is 0 Å². The predicted molar refractivity (Wildman–Crippen MR) is 69.3 cm³/mol. The van der Waals surface area contributed by atoms with E-state index in [9.17, 15) is 9.18 Å². The fourth-order valence-electron chi connectivity index (χ4n) is 1.29. The van der Waals surface area contributed by atoms with Gasteiger partial charge in [-0.15, -0.1) is 0 Å². The molecule has 0 saturated carbocycles. The Morgan fingerprint density at radius 2 is 1.67 bits per heavy atom. The SMILES string of the molecule is O=C(NNSc1ccccc1)c1ccc(F)cc1. The lowest BCUT2D eigenvalue weighted by molar-refractivity contribution is 0.0947. The van der Waals surface area contributed by atoms with Gasteiger partial charge in [-0.25, -0.2) is 4.39 Å². The number of nitrogens with one attached hydrogen (secondary N) is 2. The standard InChI is InChI=1S/C13H11FN2OS/c14-11-8-6-10(7-9-11)13(17)15-16-18-12-4-2-1-3-5-12/h1-9,16H,(H,15,17). The van der Waals surface area contributed by atoms with Gasteiger partial charge in [0.15, 0.2) is 0 Å². The summed E-state index contributed by atoms with van der Waals surface area (Å²) in [6.07, 6.45) is 0. The van der Waals surface area contributed by atoms with Crippen molar-refractivity contribution in [1.82, 2.24) is 10.3 Å². The van der Waals surface area contributed by atoms with Crippen LogP contribution in [0.25, 0.3) is 0 Å². The highest BCUT2D eigenvalue weighted by Crippen LogP contribution is 2.11. The predicted octanol–water partition coefficient (Wildman–Crippen LogP) is 2.77. The van der Waals surface area contributed by atoms with Gasteiger partial charge < -0.3 is 0 Å².